The van der Waals surface area contributed by atoms with Gasteiger partial charge in [-0.2, -0.15) is 0 Å². The van der Waals surface area contributed by atoms with Crippen LogP contribution in [-0.2, 0) is 18.9 Å². The molecule has 0 heterocycles. The monoisotopic (exact) mass is 360 g/mol. The van der Waals surface area contributed by atoms with E-state index in [4.69, 9.17) is 18.9 Å². The van der Waals surface area contributed by atoms with Crippen LogP contribution in [0, 0.1) is 23.7 Å². The van der Waals surface area contributed by atoms with Gasteiger partial charge in [-0.25, -0.2) is 0 Å². The van der Waals surface area contributed by atoms with Crippen molar-refractivity contribution in [2.45, 2.75) is 63.6 Å². The molecule has 4 nitrogen and oxygen atoms in total. The molecule has 1 aliphatic rings. The van der Waals surface area contributed by atoms with Crippen LogP contribution in [0.2, 0.25) is 0 Å². The molecule has 2 unspecified atom stereocenters. The van der Waals surface area contributed by atoms with Crippen molar-refractivity contribution in [3.8, 4) is 23.7 Å². The van der Waals surface area contributed by atoms with Crippen LogP contribution in [0.1, 0.15) is 51.4 Å². The molecule has 0 saturated heterocycles. The van der Waals surface area contributed by atoms with Gasteiger partial charge in [0.1, 0.15) is 25.8 Å². The highest BCUT2D eigenvalue weighted by atomic mass is 16.7. The lowest BCUT2D eigenvalue weighted by molar-refractivity contribution is -0.0549. The van der Waals surface area contributed by atoms with Gasteiger partial charge in [-0.1, -0.05) is 36.1 Å². The number of hydrogen-bond donors (Lipinski definition) is 0. The van der Waals surface area contributed by atoms with Crippen molar-refractivity contribution in [3.05, 3.63) is 24.3 Å². The number of rotatable bonds is 6. The maximum absolute atomic E-state index is 5.62. The molecule has 1 aliphatic carbocycles. The molecule has 0 radical (unpaired) electrons. The average molecular weight is 360 g/mol. The van der Waals surface area contributed by atoms with E-state index in [9.17, 15) is 0 Å². The summed E-state index contributed by atoms with van der Waals surface area (Å²) in [5.41, 5.74) is 0. The maximum atomic E-state index is 5.62. The Morgan fingerprint density at radius 3 is 1.54 bits per heavy atom. The fraction of sp³-hybridized carbons (Fsp3) is 0.636. The van der Waals surface area contributed by atoms with Gasteiger partial charge in [0.25, 0.3) is 0 Å². The number of methoxy groups -OCH3 is 2. The Hall–Kier alpha value is -1.56. The fourth-order valence-corrected chi connectivity index (χ4v) is 2.43. The van der Waals surface area contributed by atoms with E-state index >= 15 is 0 Å². The summed E-state index contributed by atoms with van der Waals surface area (Å²) in [6.07, 6.45) is 16.7. The van der Waals surface area contributed by atoms with Crippen LogP contribution in [0.4, 0.5) is 0 Å². The maximum Gasteiger partial charge on any atom is 0.148 e. The van der Waals surface area contributed by atoms with Crippen molar-refractivity contribution in [2.24, 2.45) is 0 Å². The Kier molecular flexibility index (Phi) is 14.6. The molecule has 4 heteroatoms. The van der Waals surface area contributed by atoms with Crippen LogP contribution in [0.25, 0.3) is 0 Å². The van der Waals surface area contributed by atoms with Crippen molar-refractivity contribution in [2.75, 3.05) is 27.8 Å². The van der Waals surface area contributed by atoms with Crippen LogP contribution in [0.15, 0.2) is 24.3 Å². The van der Waals surface area contributed by atoms with E-state index in [0.29, 0.717) is 0 Å². The molecular weight excluding hydrogens is 328 g/mol. The molecule has 0 spiro atoms. The molecule has 2 atom stereocenters. The Balaban J connectivity index is 2.71. The molecule has 0 N–H and O–H groups in total. The van der Waals surface area contributed by atoms with Gasteiger partial charge < -0.3 is 18.9 Å². The Bertz CT molecular complexity index is 468. The fourth-order valence-electron chi connectivity index (χ4n) is 2.43. The van der Waals surface area contributed by atoms with E-state index < -0.39 is 0 Å². The highest BCUT2D eigenvalue weighted by Crippen LogP contribution is 2.08. The molecular formula is C22H32O4. The second kappa shape index (κ2) is 16.9. The van der Waals surface area contributed by atoms with E-state index in [1.807, 2.05) is 0 Å². The summed E-state index contributed by atoms with van der Waals surface area (Å²) < 4.78 is 21.2. The molecule has 0 aromatic carbocycles. The standard InChI is InChI=1S/C22H32O4/c1-23-19-25-21-15-11-9-7-5-3-4-6-8-10-12-16-22(26-20-24-2)18-14-13-17-21/h5-8,21-22H,3-4,9-12,15-16,19-20H2,1-2H3/b7-5-,8-6-. The van der Waals surface area contributed by atoms with Gasteiger partial charge >= 0.3 is 0 Å². The smallest absolute Gasteiger partial charge is 0.148 e. The molecule has 0 saturated carbocycles. The SMILES string of the molecule is COCOC1C#CC#CC(OCOC)CCC/C=C\CC/C=C\CCC1. The zero-order valence-electron chi connectivity index (χ0n) is 16.2. The van der Waals surface area contributed by atoms with Gasteiger partial charge in [0.2, 0.25) is 0 Å². The molecule has 0 aliphatic heterocycles. The van der Waals surface area contributed by atoms with Gasteiger partial charge in [0.15, 0.2) is 0 Å². The van der Waals surface area contributed by atoms with E-state index in [1.54, 1.807) is 14.2 Å². The topological polar surface area (TPSA) is 36.9 Å². The largest absolute Gasteiger partial charge is 0.359 e. The van der Waals surface area contributed by atoms with Crippen LogP contribution >= 0.6 is 0 Å². The third-order valence-electron chi connectivity index (χ3n) is 3.81. The van der Waals surface area contributed by atoms with Crippen molar-refractivity contribution in [1.29, 1.82) is 0 Å². The van der Waals surface area contributed by atoms with Crippen molar-refractivity contribution < 1.29 is 18.9 Å². The number of hydrogen-bond acceptors (Lipinski definition) is 4. The van der Waals surface area contributed by atoms with Crippen molar-refractivity contribution >= 4 is 0 Å². The molecule has 144 valence electrons. The second-order valence-corrected chi connectivity index (χ2v) is 6.04. The zero-order chi connectivity index (χ0) is 18.7. The molecule has 0 aromatic heterocycles. The minimum Gasteiger partial charge on any atom is -0.359 e. The Morgan fingerprint density at radius 1 is 0.692 bits per heavy atom. The summed E-state index contributed by atoms with van der Waals surface area (Å²) in [4.78, 5) is 0. The van der Waals surface area contributed by atoms with Crippen molar-refractivity contribution in [1.82, 2.24) is 0 Å². The lowest BCUT2D eigenvalue weighted by atomic mass is 10.1. The first-order valence-corrected chi connectivity index (χ1v) is 9.39. The van der Waals surface area contributed by atoms with Crippen LogP contribution in [0.3, 0.4) is 0 Å². The predicted molar refractivity (Wildman–Crippen MR) is 104 cm³/mol. The lowest BCUT2D eigenvalue weighted by Crippen LogP contribution is -2.13. The first-order valence-electron chi connectivity index (χ1n) is 9.39. The molecule has 0 aromatic rings. The van der Waals surface area contributed by atoms with Gasteiger partial charge in [0, 0.05) is 14.2 Å². The highest BCUT2D eigenvalue weighted by Gasteiger charge is 2.05. The molecule has 26 heavy (non-hydrogen) atoms. The number of ether oxygens (including phenoxy) is 4. The Morgan fingerprint density at radius 2 is 1.12 bits per heavy atom. The summed E-state index contributed by atoms with van der Waals surface area (Å²) in [7, 11) is 3.23. The van der Waals surface area contributed by atoms with Gasteiger partial charge in [0.05, 0.1) is 0 Å². The third-order valence-corrected chi connectivity index (χ3v) is 3.81. The van der Waals surface area contributed by atoms with Gasteiger partial charge in [-0.3, -0.25) is 0 Å². The molecule has 1 rings (SSSR count). The normalized spacial score (nSPS) is 24.8. The molecule has 0 fully saturated rings. The Labute approximate surface area is 158 Å². The van der Waals surface area contributed by atoms with Gasteiger partial charge in [-0.15, -0.1) is 0 Å². The second-order valence-electron chi connectivity index (χ2n) is 6.04. The minimum atomic E-state index is -0.155. The first kappa shape index (κ1) is 22.5. The zero-order valence-corrected chi connectivity index (χ0v) is 16.2. The molecule has 0 amide bonds. The van der Waals surface area contributed by atoms with Crippen LogP contribution in [-0.4, -0.2) is 40.0 Å². The number of allylic oxidation sites excluding steroid dienone is 4. The van der Waals surface area contributed by atoms with Crippen LogP contribution < -0.4 is 0 Å². The van der Waals surface area contributed by atoms with E-state index in [1.165, 1.54) is 0 Å². The quantitative estimate of drug-likeness (QED) is 0.404. The summed E-state index contributed by atoms with van der Waals surface area (Å²) in [5, 5.41) is 0. The van der Waals surface area contributed by atoms with Crippen LogP contribution in [0.5, 0.6) is 0 Å². The van der Waals surface area contributed by atoms with E-state index in [2.05, 4.69) is 48.0 Å². The summed E-state index contributed by atoms with van der Waals surface area (Å²) in [6.45, 7) is 0.489. The average Bonchev–Trinajstić information content (AvgIpc) is 2.66. The third kappa shape index (κ3) is 12.8. The van der Waals surface area contributed by atoms with Gasteiger partial charge in [-0.05, 0) is 63.2 Å². The van der Waals surface area contributed by atoms with E-state index in [-0.39, 0.29) is 25.8 Å². The summed E-state index contributed by atoms with van der Waals surface area (Å²) in [6, 6.07) is 0. The first-order chi connectivity index (χ1) is 12.9. The lowest BCUT2D eigenvalue weighted by Gasteiger charge is -2.11. The summed E-state index contributed by atoms with van der Waals surface area (Å²) >= 11 is 0. The highest BCUT2D eigenvalue weighted by molar-refractivity contribution is 5.28. The van der Waals surface area contributed by atoms with Crippen molar-refractivity contribution in [3.63, 3.8) is 0 Å². The van der Waals surface area contributed by atoms with E-state index in [0.717, 1.165) is 51.4 Å². The minimum absolute atomic E-state index is 0.155. The predicted octanol–water partition coefficient (Wildman–Crippen LogP) is 4.22. The molecule has 0 bridgehead atoms. The summed E-state index contributed by atoms with van der Waals surface area (Å²) in [5.74, 6) is 12.0.